The number of carbonyl (C=O) groups is 1. The summed E-state index contributed by atoms with van der Waals surface area (Å²) in [5.41, 5.74) is 2.05. The van der Waals surface area contributed by atoms with Crippen molar-refractivity contribution >= 4 is 11.6 Å². The summed E-state index contributed by atoms with van der Waals surface area (Å²) in [6, 6.07) is 8.95. The lowest BCUT2D eigenvalue weighted by Gasteiger charge is -2.66. The molecular weight excluding hydrogens is 296 g/mol. The van der Waals surface area contributed by atoms with Crippen LogP contribution in [0.25, 0.3) is 0 Å². The van der Waals surface area contributed by atoms with E-state index < -0.39 is 5.54 Å². The summed E-state index contributed by atoms with van der Waals surface area (Å²) in [4.78, 5) is 13.1. The third-order valence-electron chi connectivity index (χ3n) is 7.28. The Labute approximate surface area is 145 Å². The molecule has 1 heterocycles. The van der Waals surface area contributed by atoms with Gasteiger partial charge < -0.3 is 0 Å². The normalized spacial score (nSPS) is 39.3. The molecular formula is C21H28N2O. The monoisotopic (exact) mass is 324 g/mol. The van der Waals surface area contributed by atoms with E-state index in [9.17, 15) is 4.79 Å². The number of hydrogen-bond acceptors (Lipinski definition) is 2. The predicted octanol–water partition coefficient (Wildman–Crippen LogP) is 4.16. The average Bonchev–Trinajstić information content (AvgIpc) is 2.54. The lowest BCUT2D eigenvalue weighted by atomic mass is 9.53. The van der Waals surface area contributed by atoms with Crippen molar-refractivity contribution in [3.63, 3.8) is 0 Å². The average molecular weight is 324 g/mol. The molecule has 4 aliphatic carbocycles. The number of benzene rings is 1. The minimum absolute atomic E-state index is 0.322. The standard InChI is InChI=1S/C21H28N2O/c1-13-6-4-5-7-18(13)23-21(2,3)20(24)22(23)19-16-9-14-8-15(11-16)12-17(19)10-14/h4-7,14-17,19H,8-12H2,1-3H3. The van der Waals surface area contributed by atoms with Crippen LogP contribution >= 0.6 is 0 Å². The van der Waals surface area contributed by atoms with Gasteiger partial charge >= 0.3 is 0 Å². The fraction of sp³-hybridized carbons (Fsp3) is 0.667. The van der Waals surface area contributed by atoms with Crippen molar-refractivity contribution < 1.29 is 4.79 Å². The van der Waals surface area contributed by atoms with Gasteiger partial charge in [0.05, 0.1) is 11.7 Å². The van der Waals surface area contributed by atoms with Gasteiger partial charge in [-0.2, -0.15) is 0 Å². The molecule has 0 atom stereocenters. The second kappa shape index (κ2) is 4.77. The third-order valence-corrected chi connectivity index (χ3v) is 7.28. The Morgan fingerprint density at radius 3 is 2.12 bits per heavy atom. The van der Waals surface area contributed by atoms with Crippen molar-refractivity contribution in [3.05, 3.63) is 29.8 Å². The zero-order valence-corrected chi connectivity index (χ0v) is 15.0. The highest BCUT2D eigenvalue weighted by atomic mass is 16.2. The summed E-state index contributed by atoms with van der Waals surface area (Å²) in [5, 5.41) is 4.49. The Balaban J connectivity index is 1.53. The zero-order valence-electron chi connectivity index (χ0n) is 15.0. The third kappa shape index (κ3) is 1.81. The summed E-state index contributed by atoms with van der Waals surface area (Å²) < 4.78 is 0. The number of rotatable bonds is 2. The van der Waals surface area contributed by atoms with Crippen LogP contribution in [0.4, 0.5) is 5.69 Å². The molecule has 4 bridgehead atoms. The fourth-order valence-corrected chi connectivity index (χ4v) is 6.47. The van der Waals surface area contributed by atoms with Gasteiger partial charge in [0.1, 0.15) is 5.54 Å². The van der Waals surface area contributed by atoms with Crippen LogP contribution in [0.5, 0.6) is 0 Å². The maximum atomic E-state index is 13.1. The Bertz CT molecular complexity index is 667. The van der Waals surface area contributed by atoms with Crippen LogP contribution in [0.3, 0.4) is 0 Å². The first kappa shape index (κ1) is 14.8. The molecule has 1 aliphatic heterocycles. The Morgan fingerprint density at radius 2 is 1.54 bits per heavy atom. The lowest BCUT2D eigenvalue weighted by Crippen LogP contribution is -2.80. The second-order valence-electron chi connectivity index (χ2n) is 9.23. The van der Waals surface area contributed by atoms with Crippen molar-refractivity contribution in [2.45, 2.75) is 64.5 Å². The Kier molecular flexibility index (Phi) is 2.94. The molecule has 1 aromatic carbocycles. The van der Waals surface area contributed by atoms with Gasteiger partial charge in [0.25, 0.3) is 5.91 Å². The zero-order chi connectivity index (χ0) is 16.6. The minimum Gasteiger partial charge on any atom is -0.270 e. The first-order valence-electron chi connectivity index (χ1n) is 9.66. The van der Waals surface area contributed by atoms with E-state index in [4.69, 9.17) is 0 Å². The molecule has 3 heteroatoms. The SMILES string of the molecule is Cc1ccccc1N1N(C2C3CC4CC(C3)CC2C4)C(=O)C1(C)C. The van der Waals surface area contributed by atoms with Gasteiger partial charge in [0.15, 0.2) is 0 Å². The summed E-state index contributed by atoms with van der Waals surface area (Å²) in [6.45, 7) is 6.31. The van der Waals surface area contributed by atoms with E-state index in [1.807, 2.05) is 0 Å². The maximum absolute atomic E-state index is 13.1. The van der Waals surface area contributed by atoms with Crippen molar-refractivity contribution in [1.82, 2.24) is 5.01 Å². The van der Waals surface area contributed by atoms with Crippen molar-refractivity contribution in [2.24, 2.45) is 23.7 Å². The molecule has 5 fully saturated rings. The summed E-state index contributed by atoms with van der Waals surface area (Å²) in [6.07, 6.45) is 6.86. The van der Waals surface area contributed by atoms with Gasteiger partial charge in [-0.15, -0.1) is 0 Å². The number of nitrogens with zero attached hydrogens (tertiary/aromatic N) is 2. The van der Waals surface area contributed by atoms with Crippen molar-refractivity contribution in [2.75, 3.05) is 5.01 Å². The summed E-state index contributed by atoms with van der Waals surface area (Å²) in [7, 11) is 0. The number of amides is 1. The van der Waals surface area contributed by atoms with Crippen LogP contribution in [-0.2, 0) is 4.79 Å². The van der Waals surface area contributed by atoms with Crippen LogP contribution in [-0.4, -0.2) is 22.5 Å². The molecule has 1 saturated heterocycles. The highest BCUT2D eigenvalue weighted by Crippen LogP contribution is 2.57. The van der Waals surface area contributed by atoms with Crippen LogP contribution in [0.1, 0.15) is 51.5 Å². The Hall–Kier alpha value is -1.51. The fourth-order valence-electron chi connectivity index (χ4n) is 6.47. The number of hydrazine groups is 1. The number of aryl methyl sites for hydroxylation is 1. The van der Waals surface area contributed by atoms with Gasteiger partial charge in [-0.3, -0.25) is 9.80 Å². The molecule has 128 valence electrons. The lowest BCUT2D eigenvalue weighted by molar-refractivity contribution is -0.170. The van der Waals surface area contributed by atoms with Crippen LogP contribution in [0.2, 0.25) is 0 Å². The number of para-hydroxylation sites is 1. The van der Waals surface area contributed by atoms with Crippen LogP contribution in [0, 0.1) is 30.6 Å². The maximum Gasteiger partial charge on any atom is 0.268 e. The smallest absolute Gasteiger partial charge is 0.268 e. The molecule has 3 nitrogen and oxygen atoms in total. The molecule has 24 heavy (non-hydrogen) atoms. The Morgan fingerprint density at radius 1 is 0.958 bits per heavy atom. The van der Waals surface area contributed by atoms with Gasteiger partial charge in [-0.05, 0) is 88.2 Å². The molecule has 6 rings (SSSR count). The van der Waals surface area contributed by atoms with E-state index in [0.29, 0.717) is 11.9 Å². The quantitative estimate of drug-likeness (QED) is 0.815. The molecule has 0 N–H and O–H groups in total. The van der Waals surface area contributed by atoms with E-state index in [1.54, 1.807) is 0 Å². The van der Waals surface area contributed by atoms with Crippen molar-refractivity contribution in [3.8, 4) is 0 Å². The second-order valence-corrected chi connectivity index (χ2v) is 9.23. The minimum atomic E-state index is -0.416. The predicted molar refractivity (Wildman–Crippen MR) is 95.4 cm³/mol. The molecule has 0 spiro atoms. The highest BCUT2D eigenvalue weighted by molar-refractivity contribution is 5.98. The van der Waals surface area contributed by atoms with E-state index >= 15 is 0 Å². The van der Waals surface area contributed by atoms with E-state index in [0.717, 1.165) is 23.7 Å². The first-order chi connectivity index (χ1) is 11.5. The topological polar surface area (TPSA) is 23.6 Å². The highest BCUT2D eigenvalue weighted by Gasteiger charge is 2.61. The van der Waals surface area contributed by atoms with Gasteiger partial charge in [-0.1, -0.05) is 18.2 Å². The molecule has 1 aromatic rings. The largest absolute Gasteiger partial charge is 0.270 e. The number of carbonyl (C=O) groups excluding carboxylic acids is 1. The van der Waals surface area contributed by atoms with E-state index in [2.05, 4.69) is 55.1 Å². The molecule has 0 aromatic heterocycles. The molecule has 4 saturated carbocycles. The van der Waals surface area contributed by atoms with Crippen LogP contribution < -0.4 is 5.01 Å². The summed E-state index contributed by atoms with van der Waals surface area (Å²) >= 11 is 0. The number of anilines is 1. The molecule has 1 amide bonds. The van der Waals surface area contributed by atoms with Gasteiger partial charge in [0, 0.05) is 0 Å². The molecule has 0 unspecified atom stereocenters. The molecule has 0 radical (unpaired) electrons. The van der Waals surface area contributed by atoms with Gasteiger partial charge in [-0.25, -0.2) is 5.01 Å². The molecule has 5 aliphatic rings. The number of hydrogen-bond donors (Lipinski definition) is 0. The first-order valence-corrected chi connectivity index (χ1v) is 9.66. The van der Waals surface area contributed by atoms with Crippen molar-refractivity contribution in [1.29, 1.82) is 0 Å². The van der Waals surface area contributed by atoms with Gasteiger partial charge in [0.2, 0.25) is 0 Å². The van der Waals surface area contributed by atoms with E-state index in [-0.39, 0.29) is 0 Å². The van der Waals surface area contributed by atoms with E-state index in [1.165, 1.54) is 43.4 Å². The summed E-state index contributed by atoms with van der Waals surface area (Å²) in [5.74, 6) is 3.67. The van der Waals surface area contributed by atoms with Crippen LogP contribution in [0.15, 0.2) is 24.3 Å².